The molecule has 10 nitrogen and oxygen atoms in total. The molecule has 11 heteroatoms. The van der Waals surface area contributed by atoms with Crippen LogP contribution in [0.25, 0.3) is 0 Å². The van der Waals surface area contributed by atoms with E-state index >= 15 is 0 Å². The van der Waals surface area contributed by atoms with E-state index in [2.05, 4.69) is 30.5 Å². The third-order valence-electron chi connectivity index (χ3n) is 5.08. The first-order chi connectivity index (χ1) is 14.1. The van der Waals surface area contributed by atoms with E-state index in [0.717, 1.165) is 25.0 Å². The summed E-state index contributed by atoms with van der Waals surface area (Å²) < 4.78 is 31.6. The Bertz CT molecular complexity index is 1060. The van der Waals surface area contributed by atoms with E-state index in [1.807, 2.05) is 26.8 Å². The number of carbonyl (C=O) groups excluding carboxylic acids is 1. The van der Waals surface area contributed by atoms with Gasteiger partial charge in [-0.1, -0.05) is 0 Å². The molecule has 4 N–H and O–H groups in total. The fourth-order valence-electron chi connectivity index (χ4n) is 3.73. The van der Waals surface area contributed by atoms with Crippen molar-refractivity contribution in [3.8, 4) is 0 Å². The molecule has 0 bridgehead atoms. The van der Waals surface area contributed by atoms with Gasteiger partial charge in [0, 0.05) is 23.2 Å². The minimum atomic E-state index is -3.43. The Hall–Kier alpha value is -2.66. The predicted octanol–water partition coefficient (Wildman–Crippen LogP) is 2.50. The highest BCUT2D eigenvalue weighted by molar-refractivity contribution is 7.89. The smallest absolute Gasteiger partial charge is 0.407 e. The van der Waals surface area contributed by atoms with Crippen molar-refractivity contribution >= 4 is 27.8 Å². The van der Waals surface area contributed by atoms with Crippen molar-refractivity contribution < 1.29 is 17.9 Å². The zero-order chi connectivity index (χ0) is 21.5. The monoisotopic (exact) mass is 434 g/mol. The van der Waals surface area contributed by atoms with Crippen LogP contribution in [0.15, 0.2) is 23.1 Å². The molecule has 1 fully saturated rings. The van der Waals surface area contributed by atoms with Crippen LogP contribution >= 0.6 is 0 Å². The number of sulfonamides is 1. The number of aromatic amines is 1. The van der Waals surface area contributed by atoms with Crippen LogP contribution in [0.2, 0.25) is 0 Å². The number of H-pyrrole nitrogens is 1. The second kappa shape index (κ2) is 7.55. The number of nitrogens with one attached hydrogen (secondary N) is 4. The van der Waals surface area contributed by atoms with Crippen molar-refractivity contribution in [1.82, 2.24) is 25.2 Å². The van der Waals surface area contributed by atoms with Gasteiger partial charge in [-0.05, 0) is 52.2 Å². The minimum absolute atomic E-state index is 0.120. The Morgan fingerprint density at radius 2 is 2.03 bits per heavy atom. The summed E-state index contributed by atoms with van der Waals surface area (Å²) in [7, 11) is -3.43. The molecule has 3 heterocycles. The molecule has 0 saturated heterocycles. The second-order valence-corrected chi connectivity index (χ2v) is 10.4. The summed E-state index contributed by atoms with van der Waals surface area (Å²) in [6, 6.07) is 5.06. The number of carbonyl (C=O) groups is 1. The number of aromatic nitrogens is 3. The lowest BCUT2D eigenvalue weighted by Crippen LogP contribution is -2.42. The average Bonchev–Trinajstić information content (AvgIpc) is 3.33. The van der Waals surface area contributed by atoms with E-state index in [1.165, 1.54) is 6.07 Å². The van der Waals surface area contributed by atoms with Gasteiger partial charge in [-0.15, -0.1) is 0 Å². The maximum atomic E-state index is 12.0. The first-order valence-electron chi connectivity index (χ1n) is 9.90. The van der Waals surface area contributed by atoms with Crippen LogP contribution in [0.4, 0.5) is 16.4 Å². The van der Waals surface area contributed by atoms with Gasteiger partial charge in [-0.25, -0.2) is 22.9 Å². The number of hydrogen-bond donors (Lipinski definition) is 4. The summed E-state index contributed by atoms with van der Waals surface area (Å²) in [5, 5.41) is 13.2. The molecule has 1 aliphatic heterocycles. The molecule has 1 aliphatic carbocycles. The number of anilines is 2. The molecule has 162 valence electrons. The van der Waals surface area contributed by atoms with Gasteiger partial charge in [0.1, 0.15) is 16.8 Å². The van der Waals surface area contributed by atoms with Gasteiger partial charge in [-0.3, -0.25) is 5.10 Å². The topological polar surface area (TPSA) is 138 Å². The maximum Gasteiger partial charge on any atom is 0.407 e. The Balaban J connectivity index is 1.36. The van der Waals surface area contributed by atoms with Gasteiger partial charge in [0.15, 0.2) is 5.82 Å². The minimum Gasteiger partial charge on any atom is -0.446 e. The van der Waals surface area contributed by atoms with Crippen molar-refractivity contribution in [1.29, 1.82) is 0 Å². The Labute approximate surface area is 175 Å². The fraction of sp³-hybridized carbons (Fsp3) is 0.526. The number of fused-ring (bicyclic) bond motifs is 1. The van der Waals surface area contributed by atoms with Crippen LogP contribution in [-0.4, -0.2) is 41.3 Å². The van der Waals surface area contributed by atoms with E-state index in [1.54, 1.807) is 6.07 Å². The quantitative estimate of drug-likeness (QED) is 0.580. The standard InChI is InChI=1S/C19H26N6O4S/c1-19(2,3)23-18(26)29-12-5-4-11(8-12)13-9-17(25-24-13)22-16-7-6-15-14(21-16)10-20-30(15,27)28/h6-7,9,11-12,20H,4-5,8,10H2,1-3H3,(H,23,26)(H2,21,22,24,25)/t11-,12+/m0/s1. The molecular formula is C19H26N6O4S. The van der Waals surface area contributed by atoms with Crippen LogP contribution in [-0.2, 0) is 21.3 Å². The summed E-state index contributed by atoms with van der Waals surface area (Å²) in [4.78, 5) is 16.5. The molecule has 0 spiro atoms. The largest absolute Gasteiger partial charge is 0.446 e. The van der Waals surface area contributed by atoms with E-state index in [9.17, 15) is 13.2 Å². The first kappa shape index (κ1) is 20.6. The van der Waals surface area contributed by atoms with Crippen LogP contribution < -0.4 is 15.4 Å². The number of rotatable bonds is 4. The maximum absolute atomic E-state index is 12.0. The summed E-state index contributed by atoms with van der Waals surface area (Å²) >= 11 is 0. The number of pyridine rings is 1. The molecule has 4 rings (SSSR count). The van der Waals surface area contributed by atoms with Gasteiger partial charge in [0.2, 0.25) is 10.0 Å². The van der Waals surface area contributed by atoms with Crippen molar-refractivity contribution in [2.45, 2.75) is 69.0 Å². The highest BCUT2D eigenvalue weighted by Crippen LogP contribution is 2.36. The van der Waals surface area contributed by atoms with Crippen molar-refractivity contribution in [3.63, 3.8) is 0 Å². The third-order valence-corrected chi connectivity index (χ3v) is 6.56. The highest BCUT2D eigenvalue weighted by atomic mass is 32.2. The van der Waals surface area contributed by atoms with Gasteiger partial charge in [-0.2, -0.15) is 5.10 Å². The summed E-state index contributed by atoms with van der Waals surface area (Å²) in [5.41, 5.74) is 1.12. The zero-order valence-corrected chi connectivity index (χ0v) is 18.0. The van der Waals surface area contributed by atoms with Crippen LogP contribution in [0, 0.1) is 0 Å². The number of hydrogen-bond acceptors (Lipinski definition) is 7. The molecule has 0 unspecified atom stereocenters. The first-order valence-corrected chi connectivity index (χ1v) is 11.4. The highest BCUT2D eigenvalue weighted by Gasteiger charge is 2.31. The lowest BCUT2D eigenvalue weighted by molar-refractivity contribution is 0.0936. The number of alkyl carbamates (subject to hydrolysis) is 1. The third kappa shape index (κ3) is 4.57. The molecule has 2 aromatic heterocycles. The molecule has 2 aromatic rings. The fourth-order valence-corrected chi connectivity index (χ4v) is 4.89. The van der Waals surface area contributed by atoms with Crippen molar-refractivity contribution in [2.75, 3.05) is 5.32 Å². The van der Waals surface area contributed by atoms with E-state index in [-0.39, 0.29) is 35.1 Å². The molecule has 30 heavy (non-hydrogen) atoms. The second-order valence-electron chi connectivity index (χ2n) is 8.71. The van der Waals surface area contributed by atoms with Gasteiger partial charge < -0.3 is 15.4 Å². The normalized spacial score (nSPS) is 22.5. The Morgan fingerprint density at radius 3 is 2.80 bits per heavy atom. The van der Waals surface area contributed by atoms with E-state index in [0.29, 0.717) is 17.3 Å². The summed E-state index contributed by atoms with van der Waals surface area (Å²) in [6.45, 7) is 5.92. The predicted molar refractivity (Wildman–Crippen MR) is 110 cm³/mol. The van der Waals surface area contributed by atoms with Crippen molar-refractivity contribution in [3.05, 3.63) is 29.6 Å². The number of ether oxygens (including phenoxy) is 1. The van der Waals surface area contributed by atoms with E-state index < -0.39 is 10.0 Å². The van der Waals surface area contributed by atoms with Crippen LogP contribution in [0.5, 0.6) is 0 Å². The molecule has 1 amide bonds. The van der Waals surface area contributed by atoms with Crippen LogP contribution in [0.3, 0.4) is 0 Å². The Morgan fingerprint density at radius 1 is 1.23 bits per heavy atom. The average molecular weight is 435 g/mol. The summed E-state index contributed by atoms with van der Waals surface area (Å²) in [6.07, 6.45) is 1.93. The van der Waals surface area contributed by atoms with Crippen molar-refractivity contribution in [2.24, 2.45) is 0 Å². The van der Waals surface area contributed by atoms with E-state index in [4.69, 9.17) is 4.74 Å². The molecule has 2 atom stereocenters. The van der Waals surface area contributed by atoms with Gasteiger partial charge >= 0.3 is 6.09 Å². The zero-order valence-electron chi connectivity index (χ0n) is 17.2. The molecule has 0 aromatic carbocycles. The van der Waals surface area contributed by atoms with Gasteiger partial charge in [0.25, 0.3) is 0 Å². The lowest BCUT2D eigenvalue weighted by atomic mass is 10.0. The summed E-state index contributed by atoms with van der Waals surface area (Å²) in [5.74, 6) is 1.35. The molecule has 0 radical (unpaired) electrons. The Kier molecular flexibility index (Phi) is 5.18. The van der Waals surface area contributed by atoms with Crippen LogP contribution in [0.1, 0.15) is 57.3 Å². The number of amides is 1. The SMILES string of the molecule is CC(C)(C)NC(=O)O[C@@H]1CC[C@H](c2cc(Nc3ccc4c(n3)CNS4(=O)=O)n[nH]2)C1. The number of nitrogens with zero attached hydrogens (tertiary/aromatic N) is 2. The molecule has 2 aliphatic rings. The van der Waals surface area contributed by atoms with Gasteiger partial charge in [0.05, 0.1) is 12.2 Å². The lowest BCUT2D eigenvalue weighted by Gasteiger charge is -2.22. The molecule has 1 saturated carbocycles. The molecular weight excluding hydrogens is 408 g/mol.